The lowest BCUT2D eigenvalue weighted by molar-refractivity contribution is -0.124. The van der Waals surface area contributed by atoms with Gasteiger partial charge in [-0.2, -0.15) is 0 Å². The molecule has 106 valence electrons. The molecule has 6 heteroatoms. The lowest BCUT2D eigenvalue weighted by Gasteiger charge is -2.16. The molecule has 0 aromatic heterocycles. The van der Waals surface area contributed by atoms with Gasteiger partial charge < -0.3 is 14.8 Å². The van der Waals surface area contributed by atoms with Crippen molar-refractivity contribution in [2.45, 2.75) is 12.5 Å². The fraction of sp³-hybridized carbons (Fsp3) is 0.462. The van der Waals surface area contributed by atoms with Crippen LogP contribution in [0.4, 0.5) is 0 Å². The molecule has 1 amide bonds. The van der Waals surface area contributed by atoms with E-state index in [2.05, 4.69) is 5.32 Å². The number of ether oxygens (including phenoxy) is 2. The molecule has 1 aromatic carbocycles. The molecule has 0 saturated heterocycles. The Hall–Kier alpha value is -0.970. The number of carbonyl (C=O) groups is 1. The van der Waals surface area contributed by atoms with Crippen molar-refractivity contribution in [1.29, 1.82) is 0 Å². The van der Waals surface area contributed by atoms with E-state index in [1.54, 1.807) is 31.4 Å². The highest BCUT2D eigenvalue weighted by Gasteiger charge is 2.12. The Labute approximate surface area is 123 Å². The fourth-order valence-electron chi connectivity index (χ4n) is 1.48. The lowest BCUT2D eigenvalue weighted by atomic mass is 10.2. The molecule has 0 radical (unpaired) electrons. The highest BCUT2D eigenvalue weighted by molar-refractivity contribution is 6.30. The summed E-state index contributed by atoms with van der Waals surface area (Å²) >= 11 is 11.4. The molecule has 19 heavy (non-hydrogen) atoms. The second-order valence-electron chi connectivity index (χ2n) is 3.94. The number of alkyl halides is 1. The van der Waals surface area contributed by atoms with Crippen LogP contribution < -0.4 is 10.1 Å². The van der Waals surface area contributed by atoms with E-state index < -0.39 is 0 Å². The van der Waals surface area contributed by atoms with Crippen molar-refractivity contribution in [2.24, 2.45) is 0 Å². The van der Waals surface area contributed by atoms with Crippen molar-refractivity contribution >= 4 is 29.1 Å². The molecule has 0 heterocycles. The number of hydrogen-bond acceptors (Lipinski definition) is 3. The topological polar surface area (TPSA) is 47.6 Å². The molecule has 0 fully saturated rings. The molecule has 0 aliphatic heterocycles. The minimum absolute atomic E-state index is 0.0515. The van der Waals surface area contributed by atoms with Crippen LogP contribution in [0, 0.1) is 0 Å². The van der Waals surface area contributed by atoms with E-state index in [0.717, 1.165) is 0 Å². The van der Waals surface area contributed by atoms with Gasteiger partial charge in [0, 0.05) is 18.0 Å². The number of halogens is 2. The molecular weight excluding hydrogens is 289 g/mol. The van der Waals surface area contributed by atoms with Crippen LogP contribution in [-0.2, 0) is 9.53 Å². The van der Waals surface area contributed by atoms with E-state index in [-0.39, 0.29) is 18.6 Å². The first-order valence-corrected chi connectivity index (χ1v) is 6.79. The van der Waals surface area contributed by atoms with E-state index >= 15 is 0 Å². The van der Waals surface area contributed by atoms with Gasteiger partial charge in [0.05, 0.1) is 12.6 Å². The number of amides is 1. The van der Waals surface area contributed by atoms with Crippen LogP contribution in [0.1, 0.15) is 6.42 Å². The standard InChI is InChI=1S/C13H17Cl2NO3/c1-18-8-11(6-7-14)16-13(17)9-19-12-4-2-10(15)3-5-12/h2-5,11H,6-9H2,1H3,(H,16,17). The quantitative estimate of drug-likeness (QED) is 0.751. The summed E-state index contributed by atoms with van der Waals surface area (Å²) < 4.78 is 10.3. The Bertz CT molecular complexity index is 378. The third kappa shape index (κ3) is 6.66. The van der Waals surface area contributed by atoms with E-state index in [4.69, 9.17) is 32.7 Å². The SMILES string of the molecule is COCC(CCCl)NC(=O)COc1ccc(Cl)cc1. The summed E-state index contributed by atoms with van der Waals surface area (Å²) in [5.74, 6) is 0.856. The second-order valence-corrected chi connectivity index (χ2v) is 4.75. The first-order chi connectivity index (χ1) is 9.15. The molecule has 1 aromatic rings. The molecule has 0 aliphatic carbocycles. The molecule has 1 unspecified atom stereocenters. The van der Waals surface area contributed by atoms with Crippen LogP contribution in [0.2, 0.25) is 5.02 Å². The normalized spacial score (nSPS) is 11.9. The molecule has 1 atom stereocenters. The molecule has 4 nitrogen and oxygen atoms in total. The number of rotatable bonds is 8. The van der Waals surface area contributed by atoms with Gasteiger partial charge in [0.15, 0.2) is 6.61 Å². The van der Waals surface area contributed by atoms with Crippen molar-refractivity contribution in [1.82, 2.24) is 5.32 Å². The van der Waals surface area contributed by atoms with Crippen LogP contribution in [0.5, 0.6) is 5.75 Å². The Balaban J connectivity index is 2.35. The summed E-state index contributed by atoms with van der Waals surface area (Å²) in [5.41, 5.74) is 0. The van der Waals surface area contributed by atoms with Crippen LogP contribution in [-0.4, -0.2) is 38.2 Å². The molecule has 1 rings (SSSR count). The van der Waals surface area contributed by atoms with Crippen molar-refractivity contribution in [3.8, 4) is 5.75 Å². The van der Waals surface area contributed by atoms with Gasteiger partial charge in [-0.1, -0.05) is 11.6 Å². The number of benzene rings is 1. The molecule has 1 N–H and O–H groups in total. The zero-order valence-corrected chi connectivity index (χ0v) is 12.2. The van der Waals surface area contributed by atoms with E-state index in [0.29, 0.717) is 29.7 Å². The van der Waals surface area contributed by atoms with Gasteiger partial charge in [0.2, 0.25) is 0 Å². The number of nitrogens with one attached hydrogen (secondary N) is 1. The van der Waals surface area contributed by atoms with Crippen molar-refractivity contribution < 1.29 is 14.3 Å². The monoisotopic (exact) mass is 305 g/mol. The average Bonchev–Trinajstić information content (AvgIpc) is 2.39. The molecule has 0 bridgehead atoms. The maximum Gasteiger partial charge on any atom is 0.258 e. The zero-order chi connectivity index (χ0) is 14.1. The summed E-state index contributed by atoms with van der Waals surface area (Å²) in [4.78, 5) is 11.7. The molecular formula is C13H17Cl2NO3. The third-order valence-corrected chi connectivity index (χ3v) is 2.84. The van der Waals surface area contributed by atoms with Crippen molar-refractivity contribution in [2.75, 3.05) is 26.2 Å². The van der Waals surface area contributed by atoms with Gasteiger partial charge >= 0.3 is 0 Å². The van der Waals surface area contributed by atoms with Crippen LogP contribution in [0.25, 0.3) is 0 Å². The predicted molar refractivity (Wildman–Crippen MR) is 76.1 cm³/mol. The first-order valence-electron chi connectivity index (χ1n) is 5.88. The van der Waals surface area contributed by atoms with Crippen LogP contribution in [0.3, 0.4) is 0 Å². The van der Waals surface area contributed by atoms with Crippen LogP contribution in [0.15, 0.2) is 24.3 Å². The van der Waals surface area contributed by atoms with Crippen LogP contribution >= 0.6 is 23.2 Å². The van der Waals surface area contributed by atoms with Gasteiger partial charge in [-0.15, -0.1) is 11.6 Å². The predicted octanol–water partition coefficient (Wildman–Crippen LogP) is 2.48. The van der Waals surface area contributed by atoms with Gasteiger partial charge in [-0.3, -0.25) is 4.79 Å². The fourth-order valence-corrected chi connectivity index (χ4v) is 1.87. The van der Waals surface area contributed by atoms with E-state index in [1.165, 1.54) is 0 Å². The highest BCUT2D eigenvalue weighted by atomic mass is 35.5. The third-order valence-electron chi connectivity index (χ3n) is 2.37. The molecule has 0 saturated carbocycles. The summed E-state index contributed by atoms with van der Waals surface area (Å²) in [6.07, 6.45) is 0.655. The Morgan fingerprint density at radius 1 is 1.37 bits per heavy atom. The molecule has 0 spiro atoms. The van der Waals surface area contributed by atoms with E-state index in [9.17, 15) is 4.79 Å². The smallest absolute Gasteiger partial charge is 0.258 e. The van der Waals surface area contributed by atoms with Crippen molar-refractivity contribution in [3.63, 3.8) is 0 Å². The number of hydrogen-bond donors (Lipinski definition) is 1. The highest BCUT2D eigenvalue weighted by Crippen LogP contribution is 2.15. The van der Waals surface area contributed by atoms with Gasteiger partial charge in [-0.05, 0) is 30.7 Å². The number of carbonyl (C=O) groups excluding carboxylic acids is 1. The van der Waals surface area contributed by atoms with E-state index in [1.807, 2.05) is 0 Å². The Morgan fingerprint density at radius 3 is 2.63 bits per heavy atom. The Kier molecular flexibility index (Phi) is 7.63. The second kappa shape index (κ2) is 9.02. The summed E-state index contributed by atoms with van der Waals surface area (Å²) in [7, 11) is 1.58. The van der Waals surface area contributed by atoms with Gasteiger partial charge in [0.1, 0.15) is 5.75 Å². The van der Waals surface area contributed by atoms with Gasteiger partial charge in [0.25, 0.3) is 5.91 Å². The van der Waals surface area contributed by atoms with Crippen molar-refractivity contribution in [3.05, 3.63) is 29.3 Å². The largest absolute Gasteiger partial charge is 0.484 e. The minimum Gasteiger partial charge on any atom is -0.484 e. The summed E-state index contributed by atoms with van der Waals surface area (Å²) in [5, 5.41) is 3.43. The maximum absolute atomic E-state index is 11.7. The maximum atomic E-state index is 11.7. The lowest BCUT2D eigenvalue weighted by Crippen LogP contribution is -2.40. The zero-order valence-electron chi connectivity index (χ0n) is 10.7. The summed E-state index contributed by atoms with van der Waals surface area (Å²) in [6, 6.07) is 6.73. The molecule has 0 aliphatic rings. The summed E-state index contributed by atoms with van der Waals surface area (Å²) in [6.45, 7) is 0.379. The minimum atomic E-state index is -0.206. The number of methoxy groups -OCH3 is 1. The van der Waals surface area contributed by atoms with Gasteiger partial charge in [-0.25, -0.2) is 0 Å². The first kappa shape index (κ1) is 16.1. The Morgan fingerprint density at radius 2 is 2.05 bits per heavy atom. The average molecular weight is 306 g/mol.